The van der Waals surface area contributed by atoms with Gasteiger partial charge < -0.3 is 15.5 Å². The van der Waals surface area contributed by atoms with Gasteiger partial charge in [0.15, 0.2) is 5.13 Å². The van der Waals surface area contributed by atoms with Crippen molar-refractivity contribution in [3.8, 4) is 0 Å². The second kappa shape index (κ2) is 5.79. The largest absolute Gasteiger partial charge is 0.468 e. The zero-order valence-corrected chi connectivity index (χ0v) is 12.9. The van der Waals surface area contributed by atoms with Crippen LogP contribution < -0.4 is 11.1 Å². The standard InChI is InChI=1S/C14H13N3O2S2/c1-8-11(4-5-19-8)20-7-13(18)17-14-16-10-3-2-9(15)6-12(10)21-14/h2-6H,7,15H2,1H3,(H,16,17,18). The number of nitrogen functional groups attached to an aromatic ring is 1. The van der Waals surface area contributed by atoms with Gasteiger partial charge in [-0.2, -0.15) is 0 Å². The van der Waals surface area contributed by atoms with Crippen molar-refractivity contribution in [1.82, 2.24) is 4.98 Å². The van der Waals surface area contributed by atoms with Crippen molar-refractivity contribution in [2.45, 2.75) is 11.8 Å². The summed E-state index contributed by atoms with van der Waals surface area (Å²) in [6, 6.07) is 7.35. The lowest BCUT2D eigenvalue weighted by molar-refractivity contribution is -0.113. The lowest BCUT2D eigenvalue weighted by Crippen LogP contribution is -2.13. The summed E-state index contributed by atoms with van der Waals surface area (Å²) in [6.07, 6.45) is 1.62. The van der Waals surface area contributed by atoms with Gasteiger partial charge in [-0.1, -0.05) is 11.3 Å². The number of thioether (sulfide) groups is 1. The predicted molar refractivity (Wildman–Crippen MR) is 86.8 cm³/mol. The van der Waals surface area contributed by atoms with Crippen LogP contribution in [0.25, 0.3) is 10.2 Å². The molecule has 1 amide bonds. The first-order valence-corrected chi connectivity index (χ1v) is 8.05. The first-order valence-electron chi connectivity index (χ1n) is 6.24. The Balaban J connectivity index is 1.64. The number of carbonyl (C=O) groups is 1. The van der Waals surface area contributed by atoms with E-state index >= 15 is 0 Å². The Hall–Kier alpha value is -1.99. The van der Waals surface area contributed by atoms with Crippen LogP contribution in [0.2, 0.25) is 0 Å². The highest BCUT2D eigenvalue weighted by atomic mass is 32.2. The molecule has 3 N–H and O–H groups in total. The van der Waals surface area contributed by atoms with Gasteiger partial charge in [-0.05, 0) is 31.2 Å². The number of aromatic nitrogens is 1. The van der Waals surface area contributed by atoms with Crippen molar-refractivity contribution < 1.29 is 9.21 Å². The molecule has 0 aliphatic rings. The number of anilines is 2. The molecule has 0 aliphatic heterocycles. The second-order valence-electron chi connectivity index (χ2n) is 4.42. The number of fused-ring (bicyclic) bond motifs is 1. The molecule has 5 nitrogen and oxygen atoms in total. The maximum absolute atomic E-state index is 11.9. The summed E-state index contributed by atoms with van der Waals surface area (Å²) in [5.41, 5.74) is 7.26. The first kappa shape index (κ1) is 14.0. The fraction of sp³-hybridized carbons (Fsp3) is 0.143. The second-order valence-corrected chi connectivity index (χ2v) is 6.47. The third-order valence-corrected chi connectivity index (χ3v) is 4.90. The number of hydrogen-bond donors (Lipinski definition) is 2. The fourth-order valence-electron chi connectivity index (χ4n) is 1.82. The Bertz CT molecular complexity index is 794. The van der Waals surface area contributed by atoms with Crippen molar-refractivity contribution in [3.05, 3.63) is 36.3 Å². The van der Waals surface area contributed by atoms with Crippen molar-refractivity contribution in [3.63, 3.8) is 0 Å². The molecule has 0 atom stereocenters. The van der Waals surface area contributed by atoms with Gasteiger partial charge in [-0.25, -0.2) is 4.98 Å². The van der Waals surface area contributed by atoms with Gasteiger partial charge in [0.2, 0.25) is 5.91 Å². The number of carbonyl (C=O) groups excluding carboxylic acids is 1. The highest BCUT2D eigenvalue weighted by Gasteiger charge is 2.10. The lowest BCUT2D eigenvalue weighted by Gasteiger charge is -2.00. The number of nitrogens with one attached hydrogen (secondary N) is 1. The van der Waals surface area contributed by atoms with Crippen LogP contribution in [0.15, 0.2) is 39.8 Å². The molecule has 3 rings (SSSR count). The summed E-state index contributed by atoms with van der Waals surface area (Å²) in [5, 5.41) is 3.40. The predicted octanol–water partition coefficient (Wildman–Crippen LogP) is 3.51. The van der Waals surface area contributed by atoms with E-state index in [0.717, 1.165) is 20.9 Å². The summed E-state index contributed by atoms with van der Waals surface area (Å²) in [4.78, 5) is 17.3. The molecule has 0 unspecified atom stereocenters. The Kier molecular flexibility index (Phi) is 3.85. The molecule has 7 heteroatoms. The fourth-order valence-corrected chi connectivity index (χ4v) is 3.51. The van der Waals surface area contributed by atoms with Crippen LogP contribution in [0.4, 0.5) is 10.8 Å². The van der Waals surface area contributed by atoms with Crippen molar-refractivity contribution in [2.24, 2.45) is 0 Å². The van der Waals surface area contributed by atoms with Crippen LogP contribution >= 0.6 is 23.1 Å². The number of amides is 1. The van der Waals surface area contributed by atoms with Gasteiger partial charge >= 0.3 is 0 Å². The molecule has 3 aromatic rings. The van der Waals surface area contributed by atoms with E-state index in [9.17, 15) is 4.79 Å². The maximum atomic E-state index is 11.9. The van der Waals surface area contributed by atoms with E-state index in [2.05, 4.69) is 10.3 Å². The molecular formula is C14H13N3O2S2. The van der Waals surface area contributed by atoms with Crippen LogP contribution in [0.5, 0.6) is 0 Å². The average molecular weight is 319 g/mol. The zero-order chi connectivity index (χ0) is 14.8. The summed E-state index contributed by atoms with van der Waals surface area (Å²) < 4.78 is 6.15. The summed E-state index contributed by atoms with van der Waals surface area (Å²) in [7, 11) is 0. The van der Waals surface area contributed by atoms with Gasteiger partial charge in [0.1, 0.15) is 5.76 Å². The average Bonchev–Trinajstić information content (AvgIpc) is 3.01. The third kappa shape index (κ3) is 3.20. The number of hydrogen-bond acceptors (Lipinski definition) is 6. The van der Waals surface area contributed by atoms with E-state index in [1.807, 2.05) is 25.1 Å². The molecular weight excluding hydrogens is 306 g/mol. The smallest absolute Gasteiger partial charge is 0.236 e. The molecule has 0 fully saturated rings. The normalized spacial score (nSPS) is 10.9. The minimum atomic E-state index is -0.0902. The molecule has 108 valence electrons. The van der Waals surface area contributed by atoms with E-state index in [1.165, 1.54) is 23.1 Å². The molecule has 0 saturated carbocycles. The summed E-state index contributed by atoms with van der Waals surface area (Å²) in [5.74, 6) is 1.05. The topological polar surface area (TPSA) is 81.2 Å². The van der Waals surface area contributed by atoms with Crippen molar-refractivity contribution in [1.29, 1.82) is 0 Å². The van der Waals surface area contributed by atoms with Crippen molar-refractivity contribution in [2.75, 3.05) is 16.8 Å². The monoisotopic (exact) mass is 319 g/mol. The molecule has 2 heterocycles. The lowest BCUT2D eigenvalue weighted by atomic mass is 10.3. The minimum absolute atomic E-state index is 0.0902. The number of nitrogens with zero attached hydrogens (tertiary/aromatic N) is 1. The van der Waals surface area contributed by atoms with Crippen LogP contribution in [-0.4, -0.2) is 16.6 Å². The van der Waals surface area contributed by atoms with Crippen molar-refractivity contribution >= 4 is 50.0 Å². The number of furan rings is 1. The Morgan fingerprint density at radius 2 is 2.33 bits per heavy atom. The SMILES string of the molecule is Cc1occc1SCC(=O)Nc1nc2ccc(N)cc2s1. The number of thiazole rings is 1. The molecule has 0 aliphatic carbocycles. The Labute approximate surface area is 129 Å². The summed E-state index contributed by atoms with van der Waals surface area (Å²) >= 11 is 2.86. The molecule has 0 radical (unpaired) electrons. The van der Waals surface area contributed by atoms with Gasteiger partial charge in [0, 0.05) is 10.6 Å². The highest BCUT2D eigenvalue weighted by Crippen LogP contribution is 2.28. The molecule has 21 heavy (non-hydrogen) atoms. The van der Waals surface area contributed by atoms with Gasteiger partial charge in [-0.3, -0.25) is 4.79 Å². The number of rotatable bonds is 4. The van der Waals surface area contributed by atoms with Crippen LogP contribution in [0.3, 0.4) is 0 Å². The molecule has 2 aromatic heterocycles. The van der Waals surface area contributed by atoms with E-state index in [-0.39, 0.29) is 5.91 Å². The third-order valence-electron chi connectivity index (χ3n) is 2.83. The van der Waals surface area contributed by atoms with E-state index in [4.69, 9.17) is 10.2 Å². The first-order chi connectivity index (χ1) is 10.1. The van der Waals surface area contributed by atoms with E-state index in [1.54, 1.807) is 12.3 Å². The quantitative estimate of drug-likeness (QED) is 0.568. The van der Waals surface area contributed by atoms with Crippen LogP contribution in [0, 0.1) is 6.92 Å². The van der Waals surface area contributed by atoms with E-state index < -0.39 is 0 Å². The van der Waals surface area contributed by atoms with E-state index in [0.29, 0.717) is 16.6 Å². The van der Waals surface area contributed by atoms with Crippen LogP contribution in [-0.2, 0) is 4.79 Å². The number of aryl methyl sites for hydroxylation is 1. The summed E-state index contributed by atoms with van der Waals surface area (Å²) in [6.45, 7) is 1.87. The maximum Gasteiger partial charge on any atom is 0.236 e. The van der Waals surface area contributed by atoms with Gasteiger partial charge in [0.25, 0.3) is 0 Å². The molecule has 0 bridgehead atoms. The number of nitrogens with two attached hydrogens (primary N) is 1. The number of benzene rings is 1. The Morgan fingerprint density at radius 1 is 1.48 bits per heavy atom. The Morgan fingerprint density at radius 3 is 3.10 bits per heavy atom. The zero-order valence-electron chi connectivity index (χ0n) is 11.3. The highest BCUT2D eigenvalue weighted by molar-refractivity contribution is 8.00. The molecule has 0 spiro atoms. The van der Waals surface area contributed by atoms with Crippen LogP contribution in [0.1, 0.15) is 5.76 Å². The molecule has 0 saturated heterocycles. The minimum Gasteiger partial charge on any atom is -0.468 e. The molecule has 1 aromatic carbocycles. The van der Waals surface area contributed by atoms with Gasteiger partial charge in [0.05, 0.1) is 22.2 Å². The van der Waals surface area contributed by atoms with Gasteiger partial charge in [-0.15, -0.1) is 11.8 Å².